The van der Waals surface area contributed by atoms with E-state index in [4.69, 9.17) is 16.7 Å². The van der Waals surface area contributed by atoms with Crippen LogP contribution in [0.4, 0.5) is 0 Å². The number of likely N-dealkylation sites (tertiary alicyclic amines) is 2. The van der Waals surface area contributed by atoms with Gasteiger partial charge in [-0.05, 0) is 56.5 Å². The average Bonchev–Trinajstić information content (AvgIpc) is 3.15. The Balaban J connectivity index is 1.47. The second-order valence-electron chi connectivity index (χ2n) is 9.44. The third-order valence-corrected chi connectivity index (χ3v) is 7.41. The smallest absolute Gasteiger partial charge is 0.275 e. The molecule has 2 fully saturated rings. The van der Waals surface area contributed by atoms with Gasteiger partial charge in [-0.2, -0.15) is 5.10 Å². The molecule has 0 unspecified atom stereocenters. The third-order valence-electron chi connectivity index (χ3n) is 7.08. The Labute approximate surface area is 198 Å². The van der Waals surface area contributed by atoms with E-state index in [2.05, 4.69) is 13.5 Å². The molecule has 1 atom stereocenters. The quantitative estimate of drug-likeness (QED) is 0.534. The minimum absolute atomic E-state index is 0.0174. The fraction of sp³-hybridized carbons (Fsp3) is 0.346. The van der Waals surface area contributed by atoms with Crippen molar-refractivity contribution in [2.75, 3.05) is 19.6 Å². The summed E-state index contributed by atoms with van der Waals surface area (Å²) in [5.74, 6) is -0.0943. The number of rotatable bonds is 3. The van der Waals surface area contributed by atoms with E-state index in [1.54, 1.807) is 4.52 Å². The first-order chi connectivity index (χ1) is 15.8. The van der Waals surface area contributed by atoms with E-state index in [9.17, 15) is 9.59 Å². The van der Waals surface area contributed by atoms with E-state index in [0.717, 1.165) is 48.1 Å². The van der Waals surface area contributed by atoms with Gasteiger partial charge in [0.15, 0.2) is 5.69 Å². The van der Waals surface area contributed by atoms with E-state index in [0.29, 0.717) is 17.3 Å². The van der Waals surface area contributed by atoms with E-state index in [-0.39, 0.29) is 23.3 Å². The summed E-state index contributed by atoms with van der Waals surface area (Å²) in [4.78, 5) is 29.5. The van der Waals surface area contributed by atoms with Crippen LogP contribution in [0.5, 0.6) is 0 Å². The number of hydrogen-bond acceptors (Lipinski definition) is 3. The van der Waals surface area contributed by atoms with Crippen molar-refractivity contribution in [3.05, 3.63) is 71.5 Å². The summed E-state index contributed by atoms with van der Waals surface area (Å²) in [6.07, 6.45) is 5.00. The number of pyridine rings is 1. The molecule has 2 amide bonds. The van der Waals surface area contributed by atoms with Gasteiger partial charge < -0.3 is 9.80 Å². The number of halogens is 1. The van der Waals surface area contributed by atoms with E-state index in [1.807, 2.05) is 59.3 Å². The fourth-order valence-corrected chi connectivity index (χ4v) is 5.65. The van der Waals surface area contributed by atoms with Crippen molar-refractivity contribution in [1.29, 1.82) is 0 Å². The number of hydrogen-bond donors (Lipinski definition) is 0. The first kappa shape index (κ1) is 21.7. The maximum atomic E-state index is 13.8. The number of nitrogens with zero attached hydrogens (tertiary/aromatic N) is 4. The van der Waals surface area contributed by atoms with Gasteiger partial charge >= 0.3 is 0 Å². The lowest BCUT2D eigenvalue weighted by Gasteiger charge is -2.55. The SMILES string of the molecule is C=CC(=O)N1CC2(CCN(C(=O)c3nn4ccc(C)cc4c3-c3ccccc3Cl)[C@@H](C)C2)C1. The summed E-state index contributed by atoms with van der Waals surface area (Å²) in [5.41, 5.74) is 4.05. The number of aryl methyl sites for hydroxylation is 1. The van der Waals surface area contributed by atoms with Crippen LogP contribution in [-0.4, -0.2) is 56.9 Å². The molecule has 2 aromatic heterocycles. The predicted molar refractivity (Wildman–Crippen MR) is 129 cm³/mol. The van der Waals surface area contributed by atoms with Crippen LogP contribution >= 0.6 is 11.6 Å². The number of benzene rings is 1. The van der Waals surface area contributed by atoms with Crippen molar-refractivity contribution in [3.8, 4) is 11.1 Å². The molecule has 6 nitrogen and oxygen atoms in total. The Hall–Kier alpha value is -3.12. The number of fused-ring (bicyclic) bond motifs is 1. The van der Waals surface area contributed by atoms with Crippen LogP contribution in [0, 0.1) is 12.3 Å². The Morgan fingerprint density at radius 2 is 2.00 bits per heavy atom. The largest absolute Gasteiger partial charge is 0.338 e. The highest BCUT2D eigenvalue weighted by molar-refractivity contribution is 6.33. The Morgan fingerprint density at radius 3 is 2.70 bits per heavy atom. The lowest BCUT2D eigenvalue weighted by atomic mass is 9.69. The maximum Gasteiger partial charge on any atom is 0.275 e. The van der Waals surface area contributed by atoms with Crippen LogP contribution in [-0.2, 0) is 4.79 Å². The topological polar surface area (TPSA) is 57.9 Å². The zero-order valence-electron chi connectivity index (χ0n) is 18.9. The number of carbonyl (C=O) groups is 2. The maximum absolute atomic E-state index is 13.8. The molecule has 33 heavy (non-hydrogen) atoms. The van der Waals surface area contributed by atoms with Gasteiger partial charge in [0.25, 0.3) is 5.91 Å². The van der Waals surface area contributed by atoms with Crippen LogP contribution in [0.2, 0.25) is 5.02 Å². The van der Waals surface area contributed by atoms with Gasteiger partial charge in [-0.15, -0.1) is 0 Å². The number of piperidine rings is 1. The van der Waals surface area contributed by atoms with Crippen LogP contribution in [0.15, 0.2) is 55.3 Å². The number of aromatic nitrogens is 2. The molecule has 1 spiro atoms. The molecular formula is C26H27ClN4O2. The Bertz CT molecular complexity index is 1270. The van der Waals surface area contributed by atoms with Crippen molar-refractivity contribution in [1.82, 2.24) is 19.4 Å². The molecule has 1 aromatic carbocycles. The van der Waals surface area contributed by atoms with Gasteiger partial charge in [0.05, 0.1) is 5.52 Å². The standard InChI is InChI=1S/C26H27ClN4O2/c1-4-22(32)29-15-26(16-29)10-12-30(18(3)14-26)25(33)24-23(19-7-5-6-8-20(19)27)21-13-17(2)9-11-31(21)28-24/h4-9,11,13,18H,1,10,12,14-16H2,2-3H3/t18-/m0/s1. The van der Waals surface area contributed by atoms with Crippen LogP contribution in [0.25, 0.3) is 16.6 Å². The summed E-state index contributed by atoms with van der Waals surface area (Å²) in [6.45, 7) is 9.82. The molecule has 0 N–H and O–H groups in total. The molecular weight excluding hydrogens is 436 g/mol. The molecule has 3 aromatic rings. The van der Waals surface area contributed by atoms with Gasteiger partial charge in [0, 0.05) is 53.4 Å². The van der Waals surface area contributed by atoms with Gasteiger partial charge in [-0.3, -0.25) is 9.59 Å². The second-order valence-corrected chi connectivity index (χ2v) is 9.84. The number of amides is 2. The lowest BCUT2D eigenvalue weighted by Crippen LogP contribution is -2.63. The van der Waals surface area contributed by atoms with Crippen LogP contribution in [0.1, 0.15) is 35.8 Å². The van der Waals surface area contributed by atoms with Crippen molar-refractivity contribution in [2.45, 2.75) is 32.7 Å². The normalized spacial score (nSPS) is 19.5. The molecule has 7 heteroatoms. The predicted octanol–water partition coefficient (Wildman–Crippen LogP) is 4.60. The molecule has 2 saturated heterocycles. The molecule has 5 rings (SSSR count). The van der Waals surface area contributed by atoms with Gasteiger partial charge in [0.2, 0.25) is 5.91 Å². The first-order valence-electron chi connectivity index (χ1n) is 11.3. The van der Waals surface area contributed by atoms with Gasteiger partial charge in [0.1, 0.15) is 0 Å². The minimum Gasteiger partial charge on any atom is -0.338 e. The van der Waals surface area contributed by atoms with Gasteiger partial charge in [-0.25, -0.2) is 4.52 Å². The summed E-state index contributed by atoms with van der Waals surface area (Å²) >= 11 is 6.56. The number of carbonyl (C=O) groups excluding carboxylic acids is 2. The average molecular weight is 463 g/mol. The Morgan fingerprint density at radius 1 is 1.24 bits per heavy atom. The molecule has 0 aliphatic carbocycles. The molecule has 4 heterocycles. The van der Waals surface area contributed by atoms with Gasteiger partial charge in [-0.1, -0.05) is 36.4 Å². The Kier molecular flexibility index (Phi) is 5.28. The second kappa shape index (κ2) is 8.03. The van der Waals surface area contributed by atoms with E-state index < -0.39 is 0 Å². The summed E-state index contributed by atoms with van der Waals surface area (Å²) in [5, 5.41) is 5.29. The molecule has 2 aliphatic rings. The zero-order chi connectivity index (χ0) is 23.3. The van der Waals surface area contributed by atoms with Crippen molar-refractivity contribution >= 4 is 28.9 Å². The van der Waals surface area contributed by atoms with Crippen molar-refractivity contribution in [3.63, 3.8) is 0 Å². The lowest BCUT2D eigenvalue weighted by molar-refractivity contribution is -0.142. The zero-order valence-corrected chi connectivity index (χ0v) is 19.7. The highest BCUT2D eigenvalue weighted by Gasteiger charge is 2.49. The van der Waals surface area contributed by atoms with E-state index in [1.165, 1.54) is 6.08 Å². The summed E-state index contributed by atoms with van der Waals surface area (Å²) in [6, 6.07) is 11.7. The fourth-order valence-electron chi connectivity index (χ4n) is 5.42. The molecule has 0 saturated carbocycles. The van der Waals surface area contributed by atoms with Crippen molar-refractivity contribution < 1.29 is 9.59 Å². The molecule has 0 radical (unpaired) electrons. The van der Waals surface area contributed by atoms with Crippen LogP contribution < -0.4 is 0 Å². The first-order valence-corrected chi connectivity index (χ1v) is 11.7. The monoisotopic (exact) mass is 462 g/mol. The third kappa shape index (κ3) is 3.62. The summed E-state index contributed by atoms with van der Waals surface area (Å²) in [7, 11) is 0. The minimum atomic E-state index is -0.0769. The summed E-state index contributed by atoms with van der Waals surface area (Å²) < 4.78 is 1.76. The van der Waals surface area contributed by atoms with E-state index >= 15 is 0 Å². The highest BCUT2D eigenvalue weighted by atomic mass is 35.5. The van der Waals surface area contributed by atoms with Crippen molar-refractivity contribution in [2.24, 2.45) is 5.41 Å². The highest BCUT2D eigenvalue weighted by Crippen LogP contribution is 2.43. The molecule has 170 valence electrons. The van der Waals surface area contributed by atoms with Crippen LogP contribution in [0.3, 0.4) is 0 Å². The molecule has 0 bridgehead atoms. The molecule has 2 aliphatic heterocycles.